The zero-order valence-electron chi connectivity index (χ0n) is 12.3. The third kappa shape index (κ3) is 2.65. The van der Waals surface area contributed by atoms with Crippen molar-refractivity contribution in [3.8, 4) is 0 Å². The van der Waals surface area contributed by atoms with Crippen molar-refractivity contribution in [3.63, 3.8) is 0 Å². The SMILES string of the molecule is CC(=O)c1ccc(C(C)(C)C)n(C2CCCC2)c1=O. The molecule has 1 aromatic rings. The van der Waals surface area contributed by atoms with E-state index in [4.69, 9.17) is 0 Å². The van der Waals surface area contributed by atoms with Gasteiger partial charge in [-0.25, -0.2) is 0 Å². The molecule has 0 radical (unpaired) electrons. The minimum Gasteiger partial charge on any atom is -0.308 e. The van der Waals surface area contributed by atoms with Gasteiger partial charge in [0.1, 0.15) is 0 Å². The normalized spacial score (nSPS) is 16.8. The minimum absolute atomic E-state index is 0.0862. The number of Topliss-reactive ketones (excluding diaryl/α,β-unsaturated/α-hetero) is 1. The van der Waals surface area contributed by atoms with Crippen molar-refractivity contribution in [3.05, 3.63) is 33.7 Å². The molecule has 19 heavy (non-hydrogen) atoms. The summed E-state index contributed by atoms with van der Waals surface area (Å²) in [5.41, 5.74) is 1.16. The summed E-state index contributed by atoms with van der Waals surface area (Å²) in [5, 5.41) is 0. The van der Waals surface area contributed by atoms with Crippen LogP contribution in [-0.2, 0) is 5.41 Å². The van der Waals surface area contributed by atoms with Gasteiger partial charge in [-0.05, 0) is 31.9 Å². The summed E-state index contributed by atoms with van der Waals surface area (Å²) >= 11 is 0. The van der Waals surface area contributed by atoms with Crippen LogP contribution in [0.1, 0.15) is 75.5 Å². The zero-order valence-corrected chi connectivity index (χ0v) is 12.3. The number of carbonyl (C=O) groups excluding carboxylic acids is 1. The van der Waals surface area contributed by atoms with Gasteiger partial charge in [-0.2, -0.15) is 0 Å². The molecule has 0 saturated heterocycles. The Morgan fingerprint density at radius 3 is 2.26 bits per heavy atom. The first-order valence-electron chi connectivity index (χ1n) is 7.09. The highest BCUT2D eigenvalue weighted by Crippen LogP contribution is 2.32. The fraction of sp³-hybridized carbons (Fsp3) is 0.625. The highest BCUT2D eigenvalue weighted by molar-refractivity contribution is 5.93. The van der Waals surface area contributed by atoms with Crippen LogP contribution in [0.2, 0.25) is 0 Å². The van der Waals surface area contributed by atoms with Crippen LogP contribution >= 0.6 is 0 Å². The quantitative estimate of drug-likeness (QED) is 0.765. The molecule has 2 rings (SSSR count). The minimum atomic E-state index is -0.141. The Kier molecular flexibility index (Phi) is 3.66. The lowest BCUT2D eigenvalue weighted by Gasteiger charge is -2.28. The average Bonchev–Trinajstić information content (AvgIpc) is 2.79. The van der Waals surface area contributed by atoms with Crippen LogP contribution in [0.5, 0.6) is 0 Å². The number of carbonyl (C=O) groups is 1. The molecule has 0 unspecified atom stereocenters. The topological polar surface area (TPSA) is 39.1 Å². The molecule has 104 valence electrons. The highest BCUT2D eigenvalue weighted by Gasteiger charge is 2.27. The third-order valence-electron chi connectivity index (χ3n) is 3.95. The molecular weight excluding hydrogens is 238 g/mol. The maximum Gasteiger partial charge on any atom is 0.261 e. The molecule has 1 saturated carbocycles. The second kappa shape index (κ2) is 4.95. The fourth-order valence-electron chi connectivity index (χ4n) is 2.96. The van der Waals surface area contributed by atoms with Gasteiger partial charge in [0.05, 0.1) is 5.56 Å². The summed E-state index contributed by atoms with van der Waals surface area (Å²) < 4.78 is 1.89. The van der Waals surface area contributed by atoms with Crippen molar-refractivity contribution in [2.24, 2.45) is 0 Å². The summed E-state index contributed by atoms with van der Waals surface area (Å²) in [4.78, 5) is 24.2. The molecule has 0 atom stereocenters. The van der Waals surface area contributed by atoms with E-state index in [0.717, 1.165) is 18.5 Å². The van der Waals surface area contributed by atoms with Crippen molar-refractivity contribution < 1.29 is 4.79 Å². The fourth-order valence-corrected chi connectivity index (χ4v) is 2.96. The molecule has 1 aliphatic rings. The van der Waals surface area contributed by atoms with E-state index in [1.54, 1.807) is 6.07 Å². The van der Waals surface area contributed by atoms with E-state index in [-0.39, 0.29) is 22.8 Å². The van der Waals surface area contributed by atoms with Crippen LogP contribution in [-0.4, -0.2) is 10.4 Å². The molecular formula is C16H23NO2. The van der Waals surface area contributed by atoms with Crippen molar-refractivity contribution in [2.45, 2.75) is 64.8 Å². The van der Waals surface area contributed by atoms with Crippen molar-refractivity contribution in [1.29, 1.82) is 0 Å². The number of ketones is 1. The van der Waals surface area contributed by atoms with Crippen molar-refractivity contribution in [1.82, 2.24) is 4.57 Å². The molecule has 3 heteroatoms. The van der Waals surface area contributed by atoms with E-state index in [2.05, 4.69) is 20.8 Å². The molecule has 1 fully saturated rings. The second-order valence-electron chi connectivity index (χ2n) is 6.55. The monoisotopic (exact) mass is 261 g/mol. The van der Waals surface area contributed by atoms with E-state index in [9.17, 15) is 9.59 Å². The van der Waals surface area contributed by atoms with Crippen LogP contribution in [0.4, 0.5) is 0 Å². The molecule has 1 aliphatic carbocycles. The standard InChI is InChI=1S/C16H23NO2/c1-11(18)13-9-10-14(16(2,3)4)17(15(13)19)12-7-5-6-8-12/h9-10,12H,5-8H2,1-4H3. The van der Waals surface area contributed by atoms with E-state index in [1.807, 2.05) is 10.6 Å². The van der Waals surface area contributed by atoms with Gasteiger partial charge in [0, 0.05) is 17.2 Å². The van der Waals surface area contributed by atoms with E-state index in [0.29, 0.717) is 5.56 Å². The summed E-state index contributed by atoms with van der Waals surface area (Å²) in [6.45, 7) is 7.80. The predicted molar refractivity (Wildman–Crippen MR) is 76.9 cm³/mol. The maximum absolute atomic E-state index is 12.6. The maximum atomic E-state index is 12.6. The van der Waals surface area contributed by atoms with E-state index >= 15 is 0 Å². The van der Waals surface area contributed by atoms with E-state index < -0.39 is 0 Å². The van der Waals surface area contributed by atoms with Crippen LogP contribution in [0.25, 0.3) is 0 Å². The Morgan fingerprint density at radius 2 is 1.79 bits per heavy atom. The van der Waals surface area contributed by atoms with Gasteiger partial charge in [-0.1, -0.05) is 33.6 Å². The zero-order chi connectivity index (χ0) is 14.2. The van der Waals surface area contributed by atoms with Gasteiger partial charge in [-0.3, -0.25) is 9.59 Å². The smallest absolute Gasteiger partial charge is 0.261 e. The Labute approximate surface area is 114 Å². The molecule has 3 nitrogen and oxygen atoms in total. The van der Waals surface area contributed by atoms with Crippen molar-refractivity contribution in [2.75, 3.05) is 0 Å². The molecule has 0 aliphatic heterocycles. The molecule has 1 heterocycles. The molecule has 0 aromatic carbocycles. The van der Waals surface area contributed by atoms with Gasteiger partial charge in [0.25, 0.3) is 5.56 Å². The van der Waals surface area contributed by atoms with Gasteiger partial charge >= 0.3 is 0 Å². The summed E-state index contributed by atoms with van der Waals surface area (Å²) in [5.74, 6) is -0.141. The third-order valence-corrected chi connectivity index (χ3v) is 3.95. The lowest BCUT2D eigenvalue weighted by atomic mass is 9.90. The Hall–Kier alpha value is -1.38. The molecule has 0 N–H and O–H groups in total. The molecule has 0 bridgehead atoms. The molecule has 0 amide bonds. The van der Waals surface area contributed by atoms with Crippen LogP contribution < -0.4 is 5.56 Å². The molecule has 0 spiro atoms. The number of aromatic nitrogens is 1. The predicted octanol–water partition coefficient (Wildman–Crippen LogP) is 3.46. The summed E-state index contributed by atoms with van der Waals surface area (Å²) in [6, 6.07) is 3.91. The average molecular weight is 261 g/mol. The first kappa shape index (κ1) is 14.0. The van der Waals surface area contributed by atoms with Crippen LogP contribution in [0.15, 0.2) is 16.9 Å². The highest BCUT2D eigenvalue weighted by atomic mass is 16.1. The Bertz CT molecular complexity index is 543. The van der Waals surface area contributed by atoms with Crippen LogP contribution in [0, 0.1) is 0 Å². The van der Waals surface area contributed by atoms with Gasteiger partial charge in [0.15, 0.2) is 5.78 Å². The lowest BCUT2D eigenvalue weighted by molar-refractivity contribution is 0.101. The number of hydrogen-bond acceptors (Lipinski definition) is 2. The largest absolute Gasteiger partial charge is 0.308 e. The molecule has 1 aromatic heterocycles. The first-order valence-corrected chi connectivity index (χ1v) is 7.09. The lowest BCUT2D eigenvalue weighted by Crippen LogP contribution is -2.34. The first-order chi connectivity index (χ1) is 8.82. The second-order valence-corrected chi connectivity index (χ2v) is 6.55. The van der Waals surface area contributed by atoms with E-state index in [1.165, 1.54) is 19.8 Å². The van der Waals surface area contributed by atoms with Gasteiger partial charge < -0.3 is 4.57 Å². The number of nitrogens with zero attached hydrogens (tertiary/aromatic N) is 1. The summed E-state index contributed by atoms with van der Waals surface area (Å²) in [7, 11) is 0. The van der Waals surface area contributed by atoms with Gasteiger partial charge in [0.2, 0.25) is 0 Å². The number of rotatable bonds is 2. The summed E-state index contributed by atoms with van der Waals surface area (Å²) in [6.07, 6.45) is 4.44. The number of hydrogen-bond donors (Lipinski definition) is 0. The van der Waals surface area contributed by atoms with Gasteiger partial charge in [-0.15, -0.1) is 0 Å². The Balaban J connectivity index is 2.66. The number of pyridine rings is 1. The van der Waals surface area contributed by atoms with Crippen LogP contribution in [0.3, 0.4) is 0 Å². The van der Waals surface area contributed by atoms with Crippen molar-refractivity contribution >= 4 is 5.78 Å². The Morgan fingerprint density at radius 1 is 1.21 bits per heavy atom.